The van der Waals surface area contributed by atoms with Crippen LogP contribution in [0.15, 0.2) is 40.3 Å². The normalized spacial score (nSPS) is 25.3. The van der Waals surface area contributed by atoms with Crippen molar-refractivity contribution in [3.8, 4) is 0 Å². The molecule has 23 heavy (non-hydrogen) atoms. The van der Waals surface area contributed by atoms with E-state index in [1.807, 2.05) is 29.6 Å². The molecule has 0 saturated carbocycles. The second-order valence-electron chi connectivity index (χ2n) is 6.85. The van der Waals surface area contributed by atoms with Crippen molar-refractivity contribution in [1.29, 1.82) is 0 Å². The largest absolute Gasteiger partial charge is 0.468 e. The van der Waals surface area contributed by atoms with E-state index < -0.39 is 0 Å². The highest BCUT2D eigenvalue weighted by molar-refractivity contribution is 7.12. The standard InChI is InChI=1S/C18H22N2O2S/c21-17(16-5-2-11-23-16)20-8-3-6-18(14-20)7-9-19(13-18)12-15-4-1-10-22-15/h1-2,4-5,10-11H,3,6-9,12-14H2. The Labute approximate surface area is 140 Å². The highest BCUT2D eigenvalue weighted by Gasteiger charge is 2.42. The second kappa shape index (κ2) is 6.13. The molecule has 0 N–H and O–H groups in total. The fraction of sp³-hybridized carbons (Fsp3) is 0.500. The number of rotatable bonds is 3. The molecule has 4 heterocycles. The first-order chi connectivity index (χ1) is 11.2. The van der Waals surface area contributed by atoms with E-state index in [4.69, 9.17) is 4.42 Å². The van der Waals surface area contributed by atoms with Crippen LogP contribution in [0.2, 0.25) is 0 Å². The first-order valence-corrected chi connectivity index (χ1v) is 9.20. The molecule has 2 aromatic rings. The number of furan rings is 1. The van der Waals surface area contributed by atoms with E-state index in [0.717, 1.165) is 49.8 Å². The first-order valence-electron chi connectivity index (χ1n) is 8.32. The van der Waals surface area contributed by atoms with Gasteiger partial charge in [-0.3, -0.25) is 9.69 Å². The van der Waals surface area contributed by atoms with Gasteiger partial charge < -0.3 is 9.32 Å². The summed E-state index contributed by atoms with van der Waals surface area (Å²) in [6, 6.07) is 7.88. The Kier molecular flexibility index (Phi) is 3.99. The molecular weight excluding hydrogens is 308 g/mol. The summed E-state index contributed by atoms with van der Waals surface area (Å²) in [5, 5.41) is 1.98. The zero-order valence-corrected chi connectivity index (χ0v) is 14.1. The van der Waals surface area contributed by atoms with Crippen LogP contribution < -0.4 is 0 Å². The van der Waals surface area contributed by atoms with Gasteiger partial charge in [-0.2, -0.15) is 0 Å². The van der Waals surface area contributed by atoms with Gasteiger partial charge in [-0.05, 0) is 49.4 Å². The summed E-state index contributed by atoms with van der Waals surface area (Å²) in [6.07, 6.45) is 5.27. The Morgan fingerprint density at radius 2 is 2.17 bits per heavy atom. The van der Waals surface area contributed by atoms with Crippen LogP contribution in [0.1, 0.15) is 34.7 Å². The van der Waals surface area contributed by atoms with E-state index >= 15 is 0 Å². The monoisotopic (exact) mass is 330 g/mol. The minimum absolute atomic E-state index is 0.212. The molecule has 2 fully saturated rings. The van der Waals surface area contributed by atoms with Crippen molar-refractivity contribution in [2.24, 2.45) is 5.41 Å². The third-order valence-corrected chi connectivity index (χ3v) is 6.02. The van der Waals surface area contributed by atoms with E-state index in [9.17, 15) is 4.79 Å². The van der Waals surface area contributed by atoms with Gasteiger partial charge >= 0.3 is 0 Å². The number of carbonyl (C=O) groups excluding carboxylic acids is 1. The lowest BCUT2D eigenvalue weighted by Crippen LogP contribution is -2.47. The maximum absolute atomic E-state index is 12.6. The molecule has 122 valence electrons. The quantitative estimate of drug-likeness (QED) is 0.865. The summed E-state index contributed by atoms with van der Waals surface area (Å²) in [5.74, 6) is 1.24. The molecule has 2 aliphatic rings. The highest BCUT2D eigenvalue weighted by atomic mass is 32.1. The van der Waals surface area contributed by atoms with Crippen LogP contribution in [0.5, 0.6) is 0 Å². The lowest BCUT2D eigenvalue weighted by molar-refractivity contribution is 0.0529. The van der Waals surface area contributed by atoms with E-state index in [1.165, 1.54) is 12.8 Å². The molecule has 0 radical (unpaired) electrons. The van der Waals surface area contributed by atoms with E-state index in [2.05, 4.69) is 9.80 Å². The smallest absolute Gasteiger partial charge is 0.263 e. The fourth-order valence-electron chi connectivity index (χ4n) is 4.06. The summed E-state index contributed by atoms with van der Waals surface area (Å²) >= 11 is 1.54. The second-order valence-corrected chi connectivity index (χ2v) is 7.80. The summed E-state index contributed by atoms with van der Waals surface area (Å²) in [4.78, 5) is 18.1. The predicted octanol–water partition coefficient (Wildman–Crippen LogP) is 3.47. The van der Waals surface area contributed by atoms with Crippen molar-refractivity contribution < 1.29 is 9.21 Å². The minimum atomic E-state index is 0.212. The van der Waals surface area contributed by atoms with Crippen LogP contribution in [0.4, 0.5) is 0 Å². The Morgan fingerprint density at radius 1 is 1.22 bits per heavy atom. The van der Waals surface area contributed by atoms with Gasteiger partial charge in [0.15, 0.2) is 0 Å². The summed E-state index contributed by atoms with van der Waals surface area (Å²) < 4.78 is 5.47. The molecule has 1 spiro atoms. The van der Waals surface area contributed by atoms with Gasteiger partial charge in [0.05, 0.1) is 17.7 Å². The average molecular weight is 330 g/mol. The lowest BCUT2D eigenvalue weighted by atomic mass is 9.79. The Hall–Kier alpha value is -1.59. The molecular formula is C18H22N2O2S. The molecule has 0 bridgehead atoms. The van der Waals surface area contributed by atoms with Crippen LogP contribution >= 0.6 is 11.3 Å². The topological polar surface area (TPSA) is 36.7 Å². The van der Waals surface area contributed by atoms with Crippen LogP contribution in [0.3, 0.4) is 0 Å². The van der Waals surface area contributed by atoms with Gasteiger partial charge in [-0.1, -0.05) is 6.07 Å². The molecule has 2 aromatic heterocycles. The number of piperidine rings is 1. The van der Waals surface area contributed by atoms with Crippen molar-refractivity contribution in [3.05, 3.63) is 46.5 Å². The van der Waals surface area contributed by atoms with Gasteiger partial charge in [0, 0.05) is 25.0 Å². The van der Waals surface area contributed by atoms with Crippen molar-refractivity contribution in [1.82, 2.24) is 9.80 Å². The highest BCUT2D eigenvalue weighted by Crippen LogP contribution is 2.40. The molecule has 0 aliphatic carbocycles. The van der Waals surface area contributed by atoms with Crippen molar-refractivity contribution in [2.45, 2.75) is 25.8 Å². The van der Waals surface area contributed by atoms with Crippen molar-refractivity contribution >= 4 is 17.2 Å². The summed E-state index contributed by atoms with van der Waals surface area (Å²) in [6.45, 7) is 4.85. The van der Waals surface area contributed by atoms with Crippen molar-refractivity contribution in [3.63, 3.8) is 0 Å². The molecule has 2 saturated heterocycles. The summed E-state index contributed by atoms with van der Waals surface area (Å²) in [5.41, 5.74) is 0.276. The van der Waals surface area contributed by atoms with Crippen LogP contribution in [-0.2, 0) is 6.54 Å². The number of thiophene rings is 1. The third-order valence-electron chi connectivity index (χ3n) is 5.16. The van der Waals surface area contributed by atoms with Crippen LogP contribution in [-0.4, -0.2) is 41.9 Å². The fourth-order valence-corrected chi connectivity index (χ4v) is 4.75. The molecule has 0 aromatic carbocycles. The van der Waals surface area contributed by atoms with E-state index in [1.54, 1.807) is 17.6 Å². The summed E-state index contributed by atoms with van der Waals surface area (Å²) in [7, 11) is 0. The van der Waals surface area contributed by atoms with Gasteiger partial charge in [0.1, 0.15) is 5.76 Å². The third kappa shape index (κ3) is 3.08. The molecule has 1 atom stereocenters. The maximum Gasteiger partial charge on any atom is 0.263 e. The van der Waals surface area contributed by atoms with Crippen LogP contribution in [0, 0.1) is 5.41 Å². The number of likely N-dealkylation sites (tertiary alicyclic amines) is 2. The van der Waals surface area contributed by atoms with Gasteiger partial charge in [0.25, 0.3) is 5.91 Å². The predicted molar refractivity (Wildman–Crippen MR) is 90.5 cm³/mol. The Morgan fingerprint density at radius 3 is 2.96 bits per heavy atom. The van der Waals surface area contributed by atoms with Gasteiger partial charge in [0.2, 0.25) is 0 Å². The lowest BCUT2D eigenvalue weighted by Gasteiger charge is -2.40. The zero-order valence-electron chi connectivity index (χ0n) is 13.2. The molecule has 5 heteroatoms. The number of hydrogen-bond acceptors (Lipinski definition) is 4. The molecule has 2 aliphatic heterocycles. The van der Waals surface area contributed by atoms with E-state index in [-0.39, 0.29) is 11.3 Å². The number of carbonyl (C=O) groups is 1. The van der Waals surface area contributed by atoms with Crippen LogP contribution in [0.25, 0.3) is 0 Å². The molecule has 4 nitrogen and oxygen atoms in total. The minimum Gasteiger partial charge on any atom is -0.468 e. The molecule has 4 rings (SSSR count). The number of hydrogen-bond donors (Lipinski definition) is 0. The number of nitrogens with zero attached hydrogens (tertiary/aromatic N) is 2. The average Bonchev–Trinajstić information content (AvgIpc) is 3.30. The SMILES string of the molecule is O=C(c1cccs1)N1CCCC2(CCN(Cc3ccco3)C2)C1. The number of amides is 1. The van der Waals surface area contributed by atoms with E-state index in [0.29, 0.717) is 0 Å². The first kappa shape index (κ1) is 15.0. The van der Waals surface area contributed by atoms with Gasteiger partial charge in [-0.15, -0.1) is 11.3 Å². The Bertz CT molecular complexity index is 653. The Balaban J connectivity index is 1.42. The molecule has 1 unspecified atom stereocenters. The zero-order chi connectivity index (χ0) is 15.7. The maximum atomic E-state index is 12.6. The van der Waals surface area contributed by atoms with Gasteiger partial charge in [-0.25, -0.2) is 0 Å². The van der Waals surface area contributed by atoms with Crippen molar-refractivity contribution in [2.75, 3.05) is 26.2 Å². The molecule has 1 amide bonds.